The summed E-state index contributed by atoms with van der Waals surface area (Å²) >= 11 is 11.3. The van der Waals surface area contributed by atoms with Gasteiger partial charge >= 0.3 is 5.97 Å². The number of benzene rings is 1. The molecule has 2 rings (SSSR count). The van der Waals surface area contributed by atoms with E-state index in [1.165, 1.54) is 0 Å². The molecule has 0 saturated carbocycles. The SMILES string of the molecule is CCOC(=O)c1ccc(NC(=S)NCc2ccccn2)cc1Cl. The number of hydrogen-bond acceptors (Lipinski definition) is 4. The average Bonchev–Trinajstić information content (AvgIpc) is 2.54. The molecule has 1 heterocycles. The normalized spacial score (nSPS) is 10.0. The highest BCUT2D eigenvalue weighted by Gasteiger charge is 2.12. The van der Waals surface area contributed by atoms with Crippen molar-refractivity contribution < 1.29 is 9.53 Å². The number of carbonyl (C=O) groups excluding carboxylic acids is 1. The van der Waals surface area contributed by atoms with Gasteiger partial charge in [-0.15, -0.1) is 0 Å². The van der Waals surface area contributed by atoms with Crippen molar-refractivity contribution in [3.8, 4) is 0 Å². The Labute approximate surface area is 145 Å². The van der Waals surface area contributed by atoms with Crippen LogP contribution in [0.2, 0.25) is 5.02 Å². The second-order valence-corrected chi connectivity index (χ2v) is 5.36. The smallest absolute Gasteiger partial charge is 0.339 e. The lowest BCUT2D eigenvalue weighted by atomic mass is 10.2. The van der Waals surface area contributed by atoms with Gasteiger partial charge < -0.3 is 15.4 Å². The molecule has 1 aromatic heterocycles. The molecule has 0 aliphatic carbocycles. The van der Waals surface area contributed by atoms with Crippen molar-refractivity contribution in [1.82, 2.24) is 10.3 Å². The van der Waals surface area contributed by atoms with E-state index in [1.54, 1.807) is 31.3 Å². The van der Waals surface area contributed by atoms with Crippen molar-refractivity contribution in [1.29, 1.82) is 0 Å². The van der Waals surface area contributed by atoms with E-state index < -0.39 is 5.97 Å². The van der Waals surface area contributed by atoms with Gasteiger partial charge in [0.15, 0.2) is 5.11 Å². The summed E-state index contributed by atoms with van der Waals surface area (Å²) in [4.78, 5) is 15.9. The highest BCUT2D eigenvalue weighted by molar-refractivity contribution is 7.80. The summed E-state index contributed by atoms with van der Waals surface area (Å²) in [6.07, 6.45) is 1.72. The first-order valence-electron chi connectivity index (χ1n) is 7.01. The molecule has 0 spiro atoms. The largest absolute Gasteiger partial charge is 0.462 e. The van der Waals surface area contributed by atoms with Gasteiger partial charge in [0, 0.05) is 11.9 Å². The fourth-order valence-corrected chi connectivity index (χ4v) is 2.26. The maximum atomic E-state index is 11.7. The zero-order valence-electron chi connectivity index (χ0n) is 12.5. The van der Waals surface area contributed by atoms with Crippen molar-refractivity contribution in [2.24, 2.45) is 0 Å². The van der Waals surface area contributed by atoms with Crippen LogP contribution in [0, 0.1) is 0 Å². The van der Waals surface area contributed by atoms with Gasteiger partial charge in [-0.3, -0.25) is 4.98 Å². The van der Waals surface area contributed by atoms with E-state index in [-0.39, 0.29) is 0 Å². The third kappa shape index (κ3) is 5.19. The number of anilines is 1. The zero-order valence-corrected chi connectivity index (χ0v) is 14.1. The summed E-state index contributed by atoms with van der Waals surface area (Å²) in [6.45, 7) is 2.56. The molecule has 0 aliphatic heterocycles. The Hall–Kier alpha value is -2.18. The number of thiocarbonyl (C=S) groups is 1. The number of pyridine rings is 1. The van der Waals surface area contributed by atoms with Crippen molar-refractivity contribution in [3.63, 3.8) is 0 Å². The number of rotatable bonds is 5. The molecule has 0 saturated heterocycles. The van der Waals surface area contributed by atoms with Gasteiger partial charge in [0.05, 0.1) is 29.4 Å². The molecule has 0 atom stereocenters. The maximum Gasteiger partial charge on any atom is 0.339 e. The fourth-order valence-electron chi connectivity index (χ4n) is 1.82. The number of halogens is 1. The average molecular weight is 350 g/mol. The number of hydrogen-bond donors (Lipinski definition) is 2. The third-order valence-corrected chi connectivity index (χ3v) is 3.44. The molecular weight excluding hydrogens is 334 g/mol. The van der Waals surface area contributed by atoms with Crippen LogP contribution in [-0.2, 0) is 11.3 Å². The van der Waals surface area contributed by atoms with E-state index >= 15 is 0 Å². The molecule has 7 heteroatoms. The van der Waals surface area contributed by atoms with Crippen molar-refractivity contribution in [3.05, 3.63) is 58.9 Å². The van der Waals surface area contributed by atoms with Gasteiger partial charge in [-0.25, -0.2) is 4.79 Å². The molecule has 5 nitrogen and oxygen atoms in total. The molecule has 0 amide bonds. The number of esters is 1. The molecule has 0 aliphatic rings. The number of carbonyl (C=O) groups is 1. The first kappa shape index (κ1) is 17.2. The van der Waals surface area contributed by atoms with Crippen molar-refractivity contribution >= 4 is 40.6 Å². The van der Waals surface area contributed by atoms with Crippen LogP contribution < -0.4 is 10.6 Å². The molecule has 2 N–H and O–H groups in total. The van der Waals surface area contributed by atoms with E-state index in [1.807, 2.05) is 18.2 Å². The number of ether oxygens (including phenoxy) is 1. The van der Waals surface area contributed by atoms with Crippen LogP contribution in [0.15, 0.2) is 42.6 Å². The lowest BCUT2D eigenvalue weighted by molar-refractivity contribution is 0.0526. The van der Waals surface area contributed by atoms with Crippen LogP contribution in [0.3, 0.4) is 0 Å². The first-order chi connectivity index (χ1) is 11.1. The van der Waals surface area contributed by atoms with Gasteiger partial charge in [-0.1, -0.05) is 17.7 Å². The van der Waals surface area contributed by atoms with Crippen LogP contribution in [-0.4, -0.2) is 22.7 Å². The quantitative estimate of drug-likeness (QED) is 0.637. The van der Waals surface area contributed by atoms with E-state index in [2.05, 4.69) is 15.6 Å². The second-order valence-electron chi connectivity index (χ2n) is 4.54. The molecule has 23 heavy (non-hydrogen) atoms. The fraction of sp³-hybridized carbons (Fsp3) is 0.188. The molecule has 0 radical (unpaired) electrons. The minimum Gasteiger partial charge on any atom is -0.462 e. The monoisotopic (exact) mass is 349 g/mol. The predicted molar refractivity (Wildman–Crippen MR) is 94.7 cm³/mol. The maximum absolute atomic E-state index is 11.7. The molecule has 120 valence electrons. The van der Waals surface area contributed by atoms with E-state index in [0.717, 1.165) is 5.69 Å². The van der Waals surface area contributed by atoms with Gasteiger partial charge in [0.1, 0.15) is 0 Å². The summed E-state index contributed by atoms with van der Waals surface area (Å²) in [6, 6.07) is 10.6. The van der Waals surface area contributed by atoms with Crippen LogP contribution in [0.1, 0.15) is 23.0 Å². The van der Waals surface area contributed by atoms with Crippen molar-refractivity contribution in [2.75, 3.05) is 11.9 Å². The zero-order chi connectivity index (χ0) is 16.7. The van der Waals surface area contributed by atoms with Gasteiger partial charge in [-0.05, 0) is 49.5 Å². The summed E-state index contributed by atoms with van der Waals surface area (Å²) in [5.74, 6) is -0.445. The Morgan fingerprint density at radius 2 is 2.17 bits per heavy atom. The number of nitrogens with zero attached hydrogens (tertiary/aromatic N) is 1. The van der Waals surface area contributed by atoms with Gasteiger partial charge in [0.25, 0.3) is 0 Å². The second kappa shape index (κ2) is 8.45. The minimum atomic E-state index is -0.445. The Bertz CT molecular complexity index is 695. The summed E-state index contributed by atoms with van der Waals surface area (Å²) in [5.41, 5.74) is 1.89. The van der Waals surface area contributed by atoms with E-state index in [0.29, 0.717) is 34.5 Å². The van der Waals surface area contributed by atoms with Crippen LogP contribution >= 0.6 is 23.8 Å². The lowest BCUT2D eigenvalue weighted by Crippen LogP contribution is -2.28. The van der Waals surface area contributed by atoms with Crippen LogP contribution in [0.5, 0.6) is 0 Å². The molecule has 1 aromatic carbocycles. The first-order valence-corrected chi connectivity index (χ1v) is 7.80. The highest BCUT2D eigenvalue weighted by atomic mass is 35.5. The van der Waals surface area contributed by atoms with E-state index in [4.69, 9.17) is 28.6 Å². The van der Waals surface area contributed by atoms with Crippen LogP contribution in [0.4, 0.5) is 5.69 Å². The molecule has 0 bridgehead atoms. The summed E-state index contributed by atoms with van der Waals surface area (Å²) in [7, 11) is 0. The number of aromatic nitrogens is 1. The Balaban J connectivity index is 1.93. The lowest BCUT2D eigenvalue weighted by Gasteiger charge is -2.11. The van der Waals surface area contributed by atoms with Gasteiger partial charge in [-0.2, -0.15) is 0 Å². The van der Waals surface area contributed by atoms with Crippen LogP contribution in [0.25, 0.3) is 0 Å². The Morgan fingerprint density at radius 3 is 2.83 bits per heavy atom. The standard InChI is InChI=1S/C16H16ClN3O2S/c1-2-22-15(21)13-7-6-11(9-14(13)17)20-16(23)19-10-12-5-3-4-8-18-12/h3-9H,2,10H2,1H3,(H2,19,20,23). The molecule has 2 aromatic rings. The minimum absolute atomic E-state index is 0.302. The van der Waals surface area contributed by atoms with Gasteiger partial charge in [0.2, 0.25) is 0 Å². The third-order valence-electron chi connectivity index (χ3n) is 2.88. The van der Waals surface area contributed by atoms with Crippen molar-refractivity contribution in [2.45, 2.75) is 13.5 Å². The number of nitrogens with one attached hydrogen (secondary N) is 2. The molecule has 0 unspecified atom stereocenters. The molecule has 0 fully saturated rings. The topological polar surface area (TPSA) is 63.2 Å². The summed E-state index contributed by atoms with van der Waals surface area (Å²) in [5, 5.41) is 6.80. The Morgan fingerprint density at radius 1 is 1.35 bits per heavy atom. The van der Waals surface area contributed by atoms with E-state index in [9.17, 15) is 4.79 Å². The molecular formula is C16H16ClN3O2S. The summed E-state index contributed by atoms with van der Waals surface area (Å²) < 4.78 is 4.93. The highest BCUT2D eigenvalue weighted by Crippen LogP contribution is 2.21. The predicted octanol–water partition coefficient (Wildman–Crippen LogP) is 3.40. The Kier molecular flexibility index (Phi) is 6.31.